The topological polar surface area (TPSA) is 53.6 Å². The molecule has 62 valence electrons. The van der Waals surface area contributed by atoms with E-state index < -0.39 is 0 Å². The molecule has 2 heterocycles. The maximum atomic E-state index is 8.86. The summed E-state index contributed by atoms with van der Waals surface area (Å²) in [6.45, 7) is 4.36. The lowest BCUT2D eigenvalue weighted by atomic mass is 10.2. The Labute approximate surface area is 70.8 Å². The molecule has 0 saturated carbocycles. The molecule has 0 aromatic carbocycles. The minimum Gasteiger partial charge on any atom is -0.307 e. The second-order valence-corrected chi connectivity index (χ2v) is 2.80. The van der Waals surface area contributed by atoms with Crippen LogP contribution in [0.2, 0.25) is 0 Å². The summed E-state index contributed by atoms with van der Waals surface area (Å²) in [5, 5.41) is 16.3. The summed E-state index contributed by atoms with van der Waals surface area (Å²) in [5.41, 5.74) is 2.84. The van der Waals surface area contributed by atoms with Crippen LogP contribution >= 0.6 is 0 Å². The third-order valence-electron chi connectivity index (χ3n) is 2.13. The van der Waals surface area contributed by atoms with E-state index in [1.54, 1.807) is 4.68 Å². The number of aromatic nitrogens is 2. The van der Waals surface area contributed by atoms with E-state index in [0.29, 0.717) is 0 Å². The van der Waals surface area contributed by atoms with Crippen molar-refractivity contribution in [3.63, 3.8) is 0 Å². The van der Waals surface area contributed by atoms with E-state index in [-0.39, 0.29) is 0 Å². The standard InChI is InChI=1S/C8H10N4/c1-2-12-8(3-9)6-4-10-5-7(6)11-12/h10H,2,4-5H2,1H3. The van der Waals surface area contributed by atoms with Gasteiger partial charge < -0.3 is 5.32 Å². The number of hydrogen-bond acceptors (Lipinski definition) is 3. The maximum absolute atomic E-state index is 8.86. The molecule has 1 aromatic rings. The second-order valence-electron chi connectivity index (χ2n) is 2.80. The van der Waals surface area contributed by atoms with Crippen molar-refractivity contribution in [2.75, 3.05) is 0 Å². The van der Waals surface area contributed by atoms with Crippen molar-refractivity contribution >= 4 is 0 Å². The van der Waals surface area contributed by atoms with Gasteiger partial charge in [0.15, 0.2) is 0 Å². The minimum absolute atomic E-state index is 0.720. The van der Waals surface area contributed by atoms with Crippen molar-refractivity contribution in [2.45, 2.75) is 26.6 Å². The largest absolute Gasteiger partial charge is 0.307 e. The van der Waals surface area contributed by atoms with Crippen molar-refractivity contribution in [1.29, 1.82) is 5.26 Å². The molecule has 0 bridgehead atoms. The molecular weight excluding hydrogens is 152 g/mol. The summed E-state index contributed by atoms with van der Waals surface area (Å²) >= 11 is 0. The predicted octanol–water partition coefficient (Wildman–Crippen LogP) is 0.378. The lowest BCUT2D eigenvalue weighted by molar-refractivity contribution is 0.619. The molecule has 0 unspecified atom stereocenters. The molecule has 4 heteroatoms. The number of hydrogen-bond donors (Lipinski definition) is 1. The summed E-state index contributed by atoms with van der Waals surface area (Å²) in [7, 11) is 0. The third-order valence-corrected chi connectivity index (χ3v) is 2.13. The van der Waals surface area contributed by atoms with Crippen LogP contribution in [-0.2, 0) is 19.6 Å². The predicted molar refractivity (Wildman–Crippen MR) is 43.2 cm³/mol. The Bertz CT molecular complexity index is 345. The zero-order chi connectivity index (χ0) is 8.55. The van der Waals surface area contributed by atoms with Crippen LogP contribution in [-0.4, -0.2) is 9.78 Å². The third kappa shape index (κ3) is 0.836. The highest BCUT2D eigenvalue weighted by Crippen LogP contribution is 2.18. The monoisotopic (exact) mass is 162 g/mol. The van der Waals surface area contributed by atoms with Gasteiger partial charge in [-0.3, -0.25) is 4.68 Å². The van der Waals surface area contributed by atoms with Crippen LogP contribution < -0.4 is 5.32 Å². The van der Waals surface area contributed by atoms with Crippen LogP contribution in [0.5, 0.6) is 0 Å². The molecule has 1 aliphatic rings. The number of nitrogens with zero attached hydrogens (tertiary/aromatic N) is 3. The lowest BCUT2D eigenvalue weighted by Gasteiger charge is -1.97. The summed E-state index contributed by atoms with van der Waals surface area (Å²) in [4.78, 5) is 0. The van der Waals surface area contributed by atoms with Gasteiger partial charge in [-0.15, -0.1) is 0 Å². The normalized spacial score (nSPS) is 14.3. The molecular formula is C8H10N4. The number of nitriles is 1. The van der Waals surface area contributed by atoms with E-state index in [4.69, 9.17) is 5.26 Å². The van der Waals surface area contributed by atoms with Crippen LogP contribution in [0.1, 0.15) is 23.9 Å². The summed E-state index contributed by atoms with van der Waals surface area (Å²) in [5.74, 6) is 0. The van der Waals surface area contributed by atoms with Crippen molar-refractivity contribution in [3.05, 3.63) is 17.0 Å². The van der Waals surface area contributed by atoms with Crippen LogP contribution in [0.4, 0.5) is 0 Å². The molecule has 2 rings (SSSR count). The summed E-state index contributed by atoms with van der Waals surface area (Å²) < 4.78 is 1.77. The first-order chi connectivity index (χ1) is 5.86. The van der Waals surface area contributed by atoms with Gasteiger partial charge in [0.2, 0.25) is 0 Å². The average Bonchev–Trinajstić information content (AvgIpc) is 2.61. The Kier molecular flexibility index (Phi) is 1.59. The van der Waals surface area contributed by atoms with E-state index in [9.17, 15) is 0 Å². The fraction of sp³-hybridized carbons (Fsp3) is 0.500. The van der Waals surface area contributed by atoms with E-state index in [2.05, 4.69) is 16.5 Å². The maximum Gasteiger partial charge on any atom is 0.143 e. The van der Waals surface area contributed by atoms with Crippen molar-refractivity contribution in [3.8, 4) is 6.07 Å². The smallest absolute Gasteiger partial charge is 0.143 e. The Hall–Kier alpha value is -1.34. The molecule has 0 amide bonds. The Morgan fingerprint density at radius 1 is 1.67 bits per heavy atom. The van der Waals surface area contributed by atoms with Crippen molar-refractivity contribution in [1.82, 2.24) is 15.1 Å². The van der Waals surface area contributed by atoms with Gasteiger partial charge in [-0.1, -0.05) is 0 Å². The van der Waals surface area contributed by atoms with Crippen LogP contribution in [0, 0.1) is 11.3 Å². The molecule has 0 radical (unpaired) electrons. The van der Waals surface area contributed by atoms with Crippen molar-refractivity contribution < 1.29 is 0 Å². The van der Waals surface area contributed by atoms with Crippen LogP contribution in [0.25, 0.3) is 0 Å². The van der Waals surface area contributed by atoms with Gasteiger partial charge in [0, 0.05) is 25.2 Å². The molecule has 0 aliphatic carbocycles. The van der Waals surface area contributed by atoms with E-state index in [1.165, 1.54) is 0 Å². The molecule has 0 atom stereocenters. The molecule has 0 saturated heterocycles. The highest BCUT2D eigenvalue weighted by molar-refractivity contribution is 5.37. The van der Waals surface area contributed by atoms with Gasteiger partial charge in [0.05, 0.1) is 5.69 Å². The molecule has 1 aliphatic heterocycles. The zero-order valence-corrected chi connectivity index (χ0v) is 6.96. The molecule has 0 spiro atoms. The van der Waals surface area contributed by atoms with Gasteiger partial charge >= 0.3 is 0 Å². The summed E-state index contributed by atoms with van der Waals surface area (Å²) in [6.07, 6.45) is 0. The summed E-state index contributed by atoms with van der Waals surface area (Å²) in [6, 6.07) is 2.19. The molecule has 1 N–H and O–H groups in total. The molecule has 12 heavy (non-hydrogen) atoms. The van der Waals surface area contributed by atoms with Gasteiger partial charge in [-0.25, -0.2) is 0 Å². The fourth-order valence-electron chi connectivity index (χ4n) is 1.54. The number of nitrogens with one attached hydrogen (secondary N) is 1. The SMILES string of the molecule is CCn1nc2c(c1C#N)CNC2. The highest BCUT2D eigenvalue weighted by Gasteiger charge is 2.20. The van der Waals surface area contributed by atoms with Crippen LogP contribution in [0.15, 0.2) is 0 Å². The zero-order valence-electron chi connectivity index (χ0n) is 6.96. The highest BCUT2D eigenvalue weighted by atomic mass is 15.3. The quantitative estimate of drug-likeness (QED) is 0.649. The van der Waals surface area contributed by atoms with Crippen molar-refractivity contribution in [2.24, 2.45) is 0 Å². The average molecular weight is 162 g/mol. The Balaban J connectivity index is 2.56. The molecule has 1 aromatic heterocycles. The van der Waals surface area contributed by atoms with Crippen LogP contribution in [0.3, 0.4) is 0 Å². The van der Waals surface area contributed by atoms with Gasteiger partial charge in [-0.2, -0.15) is 10.4 Å². The van der Waals surface area contributed by atoms with E-state index in [1.807, 2.05) is 6.92 Å². The number of rotatable bonds is 1. The van der Waals surface area contributed by atoms with Gasteiger partial charge in [0.1, 0.15) is 11.8 Å². The molecule has 0 fully saturated rings. The first-order valence-electron chi connectivity index (χ1n) is 4.06. The fourth-order valence-corrected chi connectivity index (χ4v) is 1.54. The van der Waals surface area contributed by atoms with Gasteiger partial charge in [0.25, 0.3) is 0 Å². The first kappa shape index (κ1) is 7.32. The lowest BCUT2D eigenvalue weighted by Crippen LogP contribution is -2.08. The Morgan fingerprint density at radius 3 is 3.17 bits per heavy atom. The number of aryl methyl sites for hydroxylation is 1. The molecule has 4 nitrogen and oxygen atoms in total. The van der Waals surface area contributed by atoms with Gasteiger partial charge in [-0.05, 0) is 6.92 Å². The minimum atomic E-state index is 0.720. The number of fused-ring (bicyclic) bond motifs is 1. The van der Waals surface area contributed by atoms with E-state index >= 15 is 0 Å². The first-order valence-corrected chi connectivity index (χ1v) is 4.06. The Morgan fingerprint density at radius 2 is 2.50 bits per heavy atom. The van der Waals surface area contributed by atoms with E-state index in [0.717, 1.165) is 36.6 Å². The second kappa shape index (κ2) is 2.61.